The van der Waals surface area contributed by atoms with Crippen molar-refractivity contribution in [3.8, 4) is 0 Å². The zero-order chi connectivity index (χ0) is 12.3. The average Bonchev–Trinajstić information content (AvgIpc) is 2.33. The molecule has 0 unspecified atom stereocenters. The van der Waals surface area contributed by atoms with Crippen molar-refractivity contribution in [3.63, 3.8) is 0 Å². The van der Waals surface area contributed by atoms with Crippen LogP contribution in [0, 0.1) is 0 Å². The number of aromatic nitrogens is 2. The Bertz CT molecular complexity index is 421. The lowest BCUT2D eigenvalue weighted by atomic mass is 9.90. The van der Waals surface area contributed by atoms with E-state index in [0.29, 0.717) is 18.9 Å². The summed E-state index contributed by atoms with van der Waals surface area (Å²) in [7, 11) is 2.13. The highest BCUT2D eigenvalue weighted by atomic mass is 16.1. The summed E-state index contributed by atoms with van der Waals surface area (Å²) in [5.74, 6) is 0.412. The molecule has 1 saturated heterocycles. The summed E-state index contributed by atoms with van der Waals surface area (Å²) in [4.78, 5) is 21.1. The van der Waals surface area contributed by atoms with Crippen LogP contribution in [0.1, 0.15) is 30.0 Å². The number of hydrogen-bond acceptors (Lipinski definition) is 4. The molecule has 0 saturated carbocycles. The van der Waals surface area contributed by atoms with Gasteiger partial charge in [0.05, 0.1) is 12.0 Å². The van der Waals surface area contributed by atoms with E-state index in [-0.39, 0.29) is 5.56 Å². The number of nitrogens with two attached hydrogens (primary N) is 1. The van der Waals surface area contributed by atoms with Crippen molar-refractivity contribution in [2.45, 2.75) is 25.2 Å². The molecule has 1 aromatic rings. The van der Waals surface area contributed by atoms with Gasteiger partial charge in [-0.2, -0.15) is 0 Å². The Kier molecular flexibility index (Phi) is 3.91. The molecule has 1 fully saturated rings. The highest BCUT2D eigenvalue weighted by Crippen LogP contribution is 2.27. The number of hydrogen-bond donors (Lipinski definition) is 2. The van der Waals surface area contributed by atoms with Gasteiger partial charge >= 0.3 is 0 Å². The van der Waals surface area contributed by atoms with Crippen LogP contribution in [0.3, 0.4) is 0 Å². The lowest BCUT2D eigenvalue weighted by molar-refractivity contribution is 0.252. The van der Waals surface area contributed by atoms with Crippen LogP contribution < -0.4 is 11.3 Å². The second kappa shape index (κ2) is 5.42. The second-order valence-corrected chi connectivity index (χ2v) is 4.71. The summed E-state index contributed by atoms with van der Waals surface area (Å²) in [6, 6.07) is 0. The summed E-state index contributed by atoms with van der Waals surface area (Å²) < 4.78 is 0. The fraction of sp³-hybridized carbons (Fsp3) is 0.667. The SMILES string of the molecule is CN1CCC(c2nc[nH]c(=O)c2CCN)CC1. The van der Waals surface area contributed by atoms with Crippen LogP contribution in [0.25, 0.3) is 0 Å². The first kappa shape index (κ1) is 12.3. The number of likely N-dealkylation sites (tertiary alicyclic amines) is 1. The molecule has 1 aliphatic heterocycles. The van der Waals surface area contributed by atoms with Crippen molar-refractivity contribution in [3.05, 3.63) is 27.9 Å². The third kappa shape index (κ3) is 2.73. The Morgan fingerprint density at radius 2 is 2.24 bits per heavy atom. The molecule has 1 aliphatic rings. The van der Waals surface area contributed by atoms with Gasteiger partial charge in [0.2, 0.25) is 0 Å². The zero-order valence-electron chi connectivity index (χ0n) is 10.3. The molecule has 3 N–H and O–H groups in total. The smallest absolute Gasteiger partial charge is 0.254 e. The Balaban J connectivity index is 2.25. The molecule has 0 aliphatic carbocycles. The number of nitrogens with zero attached hydrogens (tertiary/aromatic N) is 2. The number of H-pyrrole nitrogens is 1. The van der Waals surface area contributed by atoms with Crippen molar-refractivity contribution in [2.24, 2.45) is 5.73 Å². The lowest BCUT2D eigenvalue weighted by Gasteiger charge is -2.29. The van der Waals surface area contributed by atoms with Gasteiger partial charge in [0.25, 0.3) is 5.56 Å². The van der Waals surface area contributed by atoms with Gasteiger partial charge in [-0.1, -0.05) is 0 Å². The molecule has 94 valence electrons. The van der Waals surface area contributed by atoms with E-state index in [4.69, 9.17) is 5.73 Å². The van der Waals surface area contributed by atoms with Crippen LogP contribution in [0.5, 0.6) is 0 Å². The molecule has 0 bridgehead atoms. The molecule has 2 heterocycles. The highest BCUT2D eigenvalue weighted by Gasteiger charge is 2.22. The predicted molar refractivity (Wildman–Crippen MR) is 67.1 cm³/mol. The molecule has 5 heteroatoms. The molecule has 17 heavy (non-hydrogen) atoms. The summed E-state index contributed by atoms with van der Waals surface area (Å²) in [5.41, 5.74) is 7.28. The minimum absolute atomic E-state index is 0.0284. The van der Waals surface area contributed by atoms with E-state index in [1.54, 1.807) is 0 Å². The quantitative estimate of drug-likeness (QED) is 0.779. The fourth-order valence-corrected chi connectivity index (χ4v) is 2.46. The first-order valence-corrected chi connectivity index (χ1v) is 6.17. The number of rotatable bonds is 3. The van der Waals surface area contributed by atoms with E-state index in [0.717, 1.165) is 37.2 Å². The van der Waals surface area contributed by atoms with Gasteiger partial charge in [-0.25, -0.2) is 4.98 Å². The van der Waals surface area contributed by atoms with Gasteiger partial charge in [-0.3, -0.25) is 4.79 Å². The molecular formula is C12H20N4O. The third-order valence-corrected chi connectivity index (χ3v) is 3.48. The van der Waals surface area contributed by atoms with E-state index in [2.05, 4.69) is 21.9 Å². The van der Waals surface area contributed by atoms with Gasteiger partial charge in [0.1, 0.15) is 0 Å². The van der Waals surface area contributed by atoms with Gasteiger partial charge in [0.15, 0.2) is 0 Å². The van der Waals surface area contributed by atoms with Crippen LogP contribution >= 0.6 is 0 Å². The van der Waals surface area contributed by atoms with Crippen molar-refractivity contribution in [1.29, 1.82) is 0 Å². The monoisotopic (exact) mass is 236 g/mol. The van der Waals surface area contributed by atoms with Crippen LogP contribution in [-0.2, 0) is 6.42 Å². The molecule has 0 radical (unpaired) electrons. The molecule has 0 spiro atoms. The van der Waals surface area contributed by atoms with Crippen molar-refractivity contribution < 1.29 is 0 Å². The van der Waals surface area contributed by atoms with Crippen molar-refractivity contribution in [2.75, 3.05) is 26.7 Å². The van der Waals surface area contributed by atoms with E-state index in [1.807, 2.05) is 0 Å². The molecule has 0 atom stereocenters. The Hall–Kier alpha value is -1.20. The van der Waals surface area contributed by atoms with Crippen LogP contribution in [0.2, 0.25) is 0 Å². The number of aromatic amines is 1. The maximum absolute atomic E-state index is 11.8. The maximum atomic E-state index is 11.8. The largest absolute Gasteiger partial charge is 0.330 e. The van der Waals surface area contributed by atoms with E-state index in [1.165, 1.54) is 6.33 Å². The Labute approximate surface area is 101 Å². The van der Waals surface area contributed by atoms with Crippen LogP contribution in [-0.4, -0.2) is 41.5 Å². The average molecular weight is 236 g/mol. The Morgan fingerprint density at radius 1 is 1.53 bits per heavy atom. The van der Waals surface area contributed by atoms with Gasteiger partial charge in [-0.05, 0) is 45.9 Å². The first-order chi connectivity index (χ1) is 8.22. The molecule has 0 amide bonds. The zero-order valence-corrected chi connectivity index (χ0v) is 10.3. The van der Waals surface area contributed by atoms with Crippen molar-refractivity contribution >= 4 is 0 Å². The first-order valence-electron chi connectivity index (χ1n) is 6.17. The van der Waals surface area contributed by atoms with Crippen LogP contribution in [0.4, 0.5) is 0 Å². The summed E-state index contributed by atoms with van der Waals surface area (Å²) in [5, 5.41) is 0. The molecule has 5 nitrogen and oxygen atoms in total. The topological polar surface area (TPSA) is 75.0 Å². The predicted octanol–water partition coefficient (Wildman–Crippen LogP) is 0.0803. The molecule has 1 aromatic heterocycles. The number of nitrogens with one attached hydrogen (secondary N) is 1. The standard InChI is InChI=1S/C12H20N4O/c1-16-6-3-9(4-7-16)11-10(2-5-13)12(17)15-8-14-11/h8-9H,2-7,13H2,1H3,(H,14,15,17). The van der Waals surface area contributed by atoms with Gasteiger partial charge < -0.3 is 15.6 Å². The van der Waals surface area contributed by atoms with Gasteiger partial charge in [-0.15, -0.1) is 0 Å². The van der Waals surface area contributed by atoms with E-state index >= 15 is 0 Å². The van der Waals surface area contributed by atoms with Gasteiger partial charge in [0, 0.05) is 11.5 Å². The summed E-state index contributed by atoms with van der Waals surface area (Å²) >= 11 is 0. The summed E-state index contributed by atoms with van der Waals surface area (Å²) in [6.07, 6.45) is 4.27. The van der Waals surface area contributed by atoms with Crippen LogP contribution in [0.15, 0.2) is 11.1 Å². The summed E-state index contributed by atoms with van der Waals surface area (Å²) in [6.45, 7) is 2.64. The minimum atomic E-state index is -0.0284. The maximum Gasteiger partial charge on any atom is 0.254 e. The molecular weight excluding hydrogens is 216 g/mol. The highest BCUT2D eigenvalue weighted by molar-refractivity contribution is 5.21. The fourth-order valence-electron chi connectivity index (χ4n) is 2.46. The molecule has 0 aromatic carbocycles. The normalized spacial score (nSPS) is 18.5. The third-order valence-electron chi connectivity index (χ3n) is 3.48. The molecule has 2 rings (SSSR count). The second-order valence-electron chi connectivity index (χ2n) is 4.71. The van der Waals surface area contributed by atoms with E-state index in [9.17, 15) is 4.79 Å². The number of piperidine rings is 1. The lowest BCUT2D eigenvalue weighted by Crippen LogP contribution is -2.31. The van der Waals surface area contributed by atoms with E-state index < -0.39 is 0 Å². The Morgan fingerprint density at radius 3 is 2.88 bits per heavy atom. The minimum Gasteiger partial charge on any atom is -0.330 e. The van der Waals surface area contributed by atoms with Crippen molar-refractivity contribution in [1.82, 2.24) is 14.9 Å².